The molecule has 19 heavy (non-hydrogen) atoms. The molecule has 0 bridgehead atoms. The zero-order valence-electron chi connectivity index (χ0n) is 11.4. The minimum absolute atomic E-state index is 0.0755. The highest BCUT2D eigenvalue weighted by molar-refractivity contribution is 6.32. The smallest absolute Gasteiger partial charge is 0.173 e. The SMILES string of the molecule is CCCNC(C)c1nnnn1-c1cc(C)ccc1Cl. The molecule has 102 valence electrons. The van der Waals surface area contributed by atoms with Crippen molar-refractivity contribution in [1.82, 2.24) is 25.5 Å². The van der Waals surface area contributed by atoms with E-state index < -0.39 is 0 Å². The Labute approximate surface area is 118 Å². The first-order valence-electron chi connectivity index (χ1n) is 6.41. The summed E-state index contributed by atoms with van der Waals surface area (Å²) in [4.78, 5) is 0. The lowest BCUT2D eigenvalue weighted by molar-refractivity contribution is 0.531. The zero-order valence-corrected chi connectivity index (χ0v) is 12.1. The van der Waals surface area contributed by atoms with Gasteiger partial charge in [-0.3, -0.25) is 0 Å². The van der Waals surface area contributed by atoms with Crippen molar-refractivity contribution in [2.75, 3.05) is 6.54 Å². The van der Waals surface area contributed by atoms with Gasteiger partial charge in [-0.25, -0.2) is 0 Å². The monoisotopic (exact) mass is 279 g/mol. The Morgan fingerprint density at radius 3 is 2.95 bits per heavy atom. The number of hydrogen-bond donors (Lipinski definition) is 1. The van der Waals surface area contributed by atoms with Gasteiger partial charge in [0, 0.05) is 0 Å². The summed E-state index contributed by atoms with van der Waals surface area (Å²) in [5.74, 6) is 0.765. The third kappa shape index (κ3) is 3.11. The molecule has 5 nitrogen and oxygen atoms in total. The molecule has 1 aromatic carbocycles. The van der Waals surface area contributed by atoms with Crippen LogP contribution in [0.5, 0.6) is 0 Å². The third-order valence-corrected chi connectivity index (χ3v) is 3.23. The Kier molecular flexibility index (Phi) is 4.50. The van der Waals surface area contributed by atoms with Crippen molar-refractivity contribution in [3.05, 3.63) is 34.6 Å². The standard InChI is InChI=1S/C13H18ClN5/c1-4-7-15-10(3)13-16-17-18-19(13)12-8-9(2)5-6-11(12)14/h5-6,8,10,15H,4,7H2,1-3H3. The van der Waals surface area contributed by atoms with E-state index in [0.717, 1.165) is 30.0 Å². The minimum atomic E-state index is 0.0755. The second-order valence-corrected chi connectivity index (χ2v) is 4.99. The number of aromatic nitrogens is 4. The number of rotatable bonds is 5. The molecule has 0 aliphatic carbocycles. The van der Waals surface area contributed by atoms with Crippen molar-refractivity contribution in [3.8, 4) is 5.69 Å². The summed E-state index contributed by atoms with van der Waals surface area (Å²) < 4.78 is 1.70. The molecule has 0 radical (unpaired) electrons. The van der Waals surface area contributed by atoms with Gasteiger partial charge in [-0.15, -0.1) is 5.10 Å². The molecule has 0 aliphatic rings. The van der Waals surface area contributed by atoms with Crippen LogP contribution in [0.4, 0.5) is 0 Å². The summed E-state index contributed by atoms with van der Waals surface area (Å²) in [6.07, 6.45) is 1.07. The Morgan fingerprint density at radius 2 is 2.21 bits per heavy atom. The van der Waals surface area contributed by atoms with Crippen LogP contribution in [-0.2, 0) is 0 Å². The maximum atomic E-state index is 6.23. The fourth-order valence-corrected chi connectivity index (χ4v) is 2.07. The van der Waals surface area contributed by atoms with Crippen LogP contribution in [0.25, 0.3) is 5.69 Å². The van der Waals surface area contributed by atoms with Gasteiger partial charge in [0.15, 0.2) is 5.82 Å². The molecule has 0 saturated carbocycles. The second kappa shape index (κ2) is 6.12. The molecular weight excluding hydrogens is 262 g/mol. The molecule has 1 heterocycles. The zero-order chi connectivity index (χ0) is 13.8. The van der Waals surface area contributed by atoms with Crippen LogP contribution >= 0.6 is 11.6 Å². The number of nitrogens with zero attached hydrogens (tertiary/aromatic N) is 4. The van der Waals surface area contributed by atoms with Gasteiger partial charge in [0.2, 0.25) is 0 Å². The molecule has 1 aromatic heterocycles. The average Bonchev–Trinajstić information content (AvgIpc) is 2.88. The average molecular weight is 280 g/mol. The van der Waals surface area contributed by atoms with Crippen LogP contribution in [-0.4, -0.2) is 26.8 Å². The van der Waals surface area contributed by atoms with Gasteiger partial charge in [0.1, 0.15) is 0 Å². The van der Waals surface area contributed by atoms with Crippen LogP contribution in [0.15, 0.2) is 18.2 Å². The summed E-state index contributed by atoms with van der Waals surface area (Å²) >= 11 is 6.23. The quantitative estimate of drug-likeness (QED) is 0.914. The summed E-state index contributed by atoms with van der Waals surface area (Å²) in [6, 6.07) is 5.89. The summed E-state index contributed by atoms with van der Waals surface area (Å²) in [5.41, 5.74) is 1.93. The van der Waals surface area contributed by atoms with E-state index in [-0.39, 0.29) is 6.04 Å². The predicted molar refractivity (Wildman–Crippen MR) is 75.6 cm³/mol. The normalized spacial score (nSPS) is 12.6. The summed E-state index contributed by atoms with van der Waals surface area (Å²) in [7, 11) is 0. The van der Waals surface area contributed by atoms with E-state index in [1.165, 1.54) is 0 Å². The largest absolute Gasteiger partial charge is 0.307 e. The van der Waals surface area contributed by atoms with E-state index in [9.17, 15) is 0 Å². The molecule has 0 saturated heterocycles. The molecule has 0 aliphatic heterocycles. The molecule has 6 heteroatoms. The molecule has 1 unspecified atom stereocenters. The first kappa shape index (κ1) is 14.0. The van der Waals surface area contributed by atoms with Gasteiger partial charge >= 0.3 is 0 Å². The van der Waals surface area contributed by atoms with Crippen LogP contribution < -0.4 is 5.32 Å². The second-order valence-electron chi connectivity index (χ2n) is 4.58. The van der Waals surface area contributed by atoms with E-state index in [0.29, 0.717) is 5.02 Å². The molecule has 0 spiro atoms. The van der Waals surface area contributed by atoms with Crippen molar-refractivity contribution in [1.29, 1.82) is 0 Å². The highest BCUT2D eigenvalue weighted by atomic mass is 35.5. The Balaban J connectivity index is 2.35. The van der Waals surface area contributed by atoms with Crippen LogP contribution in [0.1, 0.15) is 37.7 Å². The summed E-state index contributed by atoms with van der Waals surface area (Å²) in [6.45, 7) is 7.11. The van der Waals surface area contributed by atoms with Crippen molar-refractivity contribution in [2.24, 2.45) is 0 Å². The molecule has 2 aromatic rings. The van der Waals surface area contributed by atoms with Gasteiger partial charge in [-0.1, -0.05) is 24.6 Å². The number of tetrazole rings is 1. The van der Waals surface area contributed by atoms with Gasteiger partial charge in [0.05, 0.1) is 16.8 Å². The number of benzene rings is 1. The molecule has 0 fully saturated rings. The lowest BCUT2D eigenvalue weighted by Crippen LogP contribution is -2.22. The summed E-state index contributed by atoms with van der Waals surface area (Å²) in [5, 5.41) is 15.9. The van der Waals surface area contributed by atoms with E-state index in [2.05, 4.69) is 27.8 Å². The maximum absolute atomic E-state index is 6.23. The highest BCUT2D eigenvalue weighted by Crippen LogP contribution is 2.23. The first-order valence-corrected chi connectivity index (χ1v) is 6.79. The predicted octanol–water partition coefficient (Wildman–Crippen LogP) is 2.68. The highest BCUT2D eigenvalue weighted by Gasteiger charge is 2.16. The van der Waals surface area contributed by atoms with Gasteiger partial charge in [-0.2, -0.15) is 4.68 Å². The van der Waals surface area contributed by atoms with Crippen molar-refractivity contribution in [2.45, 2.75) is 33.2 Å². The third-order valence-electron chi connectivity index (χ3n) is 2.91. The fraction of sp³-hybridized carbons (Fsp3) is 0.462. The van der Waals surface area contributed by atoms with Gasteiger partial charge in [-0.05, 0) is 54.9 Å². The van der Waals surface area contributed by atoms with Crippen molar-refractivity contribution >= 4 is 11.6 Å². The van der Waals surface area contributed by atoms with Crippen LogP contribution in [0.2, 0.25) is 5.02 Å². The number of aryl methyl sites for hydroxylation is 1. The first-order chi connectivity index (χ1) is 9.13. The molecular formula is C13H18ClN5. The topological polar surface area (TPSA) is 55.6 Å². The van der Waals surface area contributed by atoms with Gasteiger partial charge < -0.3 is 5.32 Å². The number of halogens is 1. The minimum Gasteiger partial charge on any atom is -0.307 e. The van der Waals surface area contributed by atoms with Crippen LogP contribution in [0.3, 0.4) is 0 Å². The Bertz CT molecular complexity index is 552. The maximum Gasteiger partial charge on any atom is 0.173 e. The lowest BCUT2D eigenvalue weighted by atomic mass is 10.2. The van der Waals surface area contributed by atoms with Gasteiger partial charge in [0.25, 0.3) is 0 Å². The molecule has 1 N–H and O–H groups in total. The van der Waals surface area contributed by atoms with E-state index in [4.69, 9.17) is 11.6 Å². The molecule has 2 rings (SSSR count). The van der Waals surface area contributed by atoms with E-state index in [1.54, 1.807) is 4.68 Å². The Hall–Kier alpha value is -1.46. The lowest BCUT2D eigenvalue weighted by Gasteiger charge is -2.13. The van der Waals surface area contributed by atoms with E-state index >= 15 is 0 Å². The number of nitrogens with one attached hydrogen (secondary N) is 1. The van der Waals surface area contributed by atoms with E-state index in [1.807, 2.05) is 32.0 Å². The van der Waals surface area contributed by atoms with Crippen molar-refractivity contribution in [3.63, 3.8) is 0 Å². The van der Waals surface area contributed by atoms with Crippen LogP contribution in [0, 0.1) is 6.92 Å². The Morgan fingerprint density at radius 1 is 1.42 bits per heavy atom. The molecule has 0 amide bonds. The molecule has 1 atom stereocenters. The number of hydrogen-bond acceptors (Lipinski definition) is 4. The fourth-order valence-electron chi connectivity index (χ4n) is 1.87. The van der Waals surface area contributed by atoms with Crippen molar-refractivity contribution < 1.29 is 0 Å².